The van der Waals surface area contributed by atoms with Gasteiger partial charge in [-0.1, -0.05) is 12.8 Å². The summed E-state index contributed by atoms with van der Waals surface area (Å²) in [5.74, 6) is -0.967. The van der Waals surface area contributed by atoms with E-state index >= 15 is 0 Å². The summed E-state index contributed by atoms with van der Waals surface area (Å²) in [5.41, 5.74) is 1.19. The molecular weight excluding hydrogens is 270 g/mol. The molecule has 0 spiro atoms. The number of hydrogen-bond donors (Lipinski definition) is 1. The zero-order chi connectivity index (χ0) is 15.6. The summed E-state index contributed by atoms with van der Waals surface area (Å²) in [4.78, 5) is 25.7. The first-order valence-electron chi connectivity index (χ1n) is 7.51. The number of amides is 1. The van der Waals surface area contributed by atoms with Crippen LogP contribution < -0.4 is 0 Å². The fourth-order valence-electron chi connectivity index (χ4n) is 3.01. The largest absolute Gasteiger partial charge is 0.478 e. The monoisotopic (exact) mass is 293 g/mol. The van der Waals surface area contributed by atoms with Gasteiger partial charge in [0.2, 0.25) is 5.91 Å². The van der Waals surface area contributed by atoms with Crippen LogP contribution in [0, 0.1) is 13.8 Å². The zero-order valence-corrected chi connectivity index (χ0v) is 12.9. The van der Waals surface area contributed by atoms with Crippen molar-refractivity contribution in [3.8, 4) is 0 Å². The maximum absolute atomic E-state index is 12.6. The molecular formula is C15H23N3O3. The second-order valence-corrected chi connectivity index (χ2v) is 5.71. The molecule has 1 fully saturated rings. The molecule has 1 amide bonds. The van der Waals surface area contributed by atoms with E-state index in [1.165, 1.54) is 12.8 Å². The van der Waals surface area contributed by atoms with E-state index in [0.717, 1.165) is 25.9 Å². The lowest BCUT2D eigenvalue weighted by Crippen LogP contribution is -2.37. The minimum Gasteiger partial charge on any atom is -0.478 e. The van der Waals surface area contributed by atoms with Crippen LogP contribution in [0.2, 0.25) is 0 Å². The summed E-state index contributed by atoms with van der Waals surface area (Å²) in [5, 5.41) is 13.5. The average Bonchev–Trinajstić information content (AvgIpc) is 2.63. The molecule has 2 heterocycles. The molecule has 0 aromatic carbocycles. The second kappa shape index (κ2) is 6.28. The Hall–Kier alpha value is -1.85. The highest BCUT2D eigenvalue weighted by Crippen LogP contribution is 2.20. The van der Waals surface area contributed by atoms with E-state index in [-0.39, 0.29) is 11.5 Å². The molecule has 1 aliphatic rings. The highest BCUT2D eigenvalue weighted by molar-refractivity contribution is 5.90. The third-order valence-electron chi connectivity index (χ3n) is 4.18. The third kappa shape index (κ3) is 3.09. The van der Waals surface area contributed by atoms with Crippen molar-refractivity contribution in [3.63, 3.8) is 0 Å². The molecule has 0 saturated carbocycles. The summed E-state index contributed by atoms with van der Waals surface area (Å²) < 4.78 is 1.55. The molecule has 1 atom stereocenters. The molecule has 1 aliphatic heterocycles. The van der Waals surface area contributed by atoms with E-state index in [0.29, 0.717) is 11.4 Å². The quantitative estimate of drug-likeness (QED) is 0.926. The standard InChI is InChI=1S/C15H23N3O3/c1-10-13(15(20)21)11(2)18(16-10)12(3)14(19)17-8-6-4-5-7-9-17/h12H,4-9H2,1-3H3,(H,20,21). The Labute approximate surface area is 124 Å². The highest BCUT2D eigenvalue weighted by atomic mass is 16.4. The number of carbonyl (C=O) groups excluding carboxylic acids is 1. The first-order chi connectivity index (χ1) is 9.93. The van der Waals surface area contributed by atoms with Crippen molar-refractivity contribution in [2.24, 2.45) is 0 Å². The number of aryl methyl sites for hydroxylation is 1. The summed E-state index contributed by atoms with van der Waals surface area (Å²) >= 11 is 0. The Morgan fingerprint density at radius 2 is 1.71 bits per heavy atom. The summed E-state index contributed by atoms with van der Waals surface area (Å²) in [6.07, 6.45) is 4.41. The van der Waals surface area contributed by atoms with Crippen LogP contribution in [0.3, 0.4) is 0 Å². The molecule has 1 N–H and O–H groups in total. The van der Waals surface area contributed by atoms with Crippen LogP contribution in [0.4, 0.5) is 0 Å². The molecule has 1 aromatic rings. The lowest BCUT2D eigenvalue weighted by Gasteiger charge is -2.24. The second-order valence-electron chi connectivity index (χ2n) is 5.71. The number of carboxylic acids is 1. The summed E-state index contributed by atoms with van der Waals surface area (Å²) in [7, 11) is 0. The van der Waals surface area contributed by atoms with E-state index in [9.17, 15) is 14.7 Å². The molecule has 1 saturated heterocycles. The van der Waals surface area contributed by atoms with Gasteiger partial charge >= 0.3 is 5.97 Å². The maximum atomic E-state index is 12.6. The van der Waals surface area contributed by atoms with Crippen LogP contribution >= 0.6 is 0 Å². The fraction of sp³-hybridized carbons (Fsp3) is 0.667. The first-order valence-corrected chi connectivity index (χ1v) is 7.51. The number of nitrogens with zero attached hydrogens (tertiary/aromatic N) is 3. The Morgan fingerprint density at radius 3 is 2.19 bits per heavy atom. The van der Waals surface area contributed by atoms with E-state index in [2.05, 4.69) is 5.10 Å². The lowest BCUT2D eigenvalue weighted by molar-refractivity contribution is -0.134. The molecule has 6 heteroatoms. The molecule has 1 aromatic heterocycles. The van der Waals surface area contributed by atoms with Crippen LogP contribution in [0.25, 0.3) is 0 Å². The molecule has 6 nitrogen and oxygen atoms in total. The van der Waals surface area contributed by atoms with Crippen molar-refractivity contribution in [1.82, 2.24) is 14.7 Å². The Kier molecular flexibility index (Phi) is 4.65. The van der Waals surface area contributed by atoms with Crippen LogP contribution in [-0.4, -0.2) is 44.8 Å². The van der Waals surface area contributed by atoms with Gasteiger partial charge in [-0.3, -0.25) is 9.48 Å². The van der Waals surface area contributed by atoms with Gasteiger partial charge in [-0.15, -0.1) is 0 Å². The smallest absolute Gasteiger partial charge is 0.339 e. The number of rotatable bonds is 3. The summed E-state index contributed by atoms with van der Waals surface area (Å²) in [6.45, 7) is 6.73. The van der Waals surface area contributed by atoms with Gasteiger partial charge in [-0.2, -0.15) is 5.10 Å². The predicted octanol–water partition coefficient (Wildman–Crippen LogP) is 2.16. The van der Waals surface area contributed by atoms with Gasteiger partial charge in [0.25, 0.3) is 0 Å². The number of hydrogen-bond acceptors (Lipinski definition) is 3. The SMILES string of the molecule is Cc1nn(C(C)C(=O)N2CCCCCC2)c(C)c1C(=O)O. The normalized spacial score (nSPS) is 17.4. The molecule has 1 unspecified atom stereocenters. The van der Waals surface area contributed by atoms with Gasteiger partial charge in [-0.25, -0.2) is 4.79 Å². The van der Waals surface area contributed by atoms with E-state index in [1.807, 2.05) is 4.90 Å². The zero-order valence-electron chi connectivity index (χ0n) is 12.9. The first kappa shape index (κ1) is 15.5. The number of likely N-dealkylation sites (tertiary alicyclic amines) is 1. The van der Waals surface area contributed by atoms with Gasteiger partial charge in [0.15, 0.2) is 0 Å². The number of carboxylic acid groups (broad SMARTS) is 1. The molecule has 0 bridgehead atoms. The van der Waals surface area contributed by atoms with Crippen molar-refractivity contribution in [2.45, 2.75) is 52.5 Å². The van der Waals surface area contributed by atoms with Gasteiger partial charge in [0, 0.05) is 13.1 Å². The minimum absolute atomic E-state index is 0.0273. The van der Waals surface area contributed by atoms with Crippen molar-refractivity contribution >= 4 is 11.9 Å². The van der Waals surface area contributed by atoms with Crippen LogP contribution in [0.5, 0.6) is 0 Å². The van der Waals surface area contributed by atoms with Gasteiger partial charge < -0.3 is 10.0 Å². The van der Waals surface area contributed by atoms with E-state index in [4.69, 9.17) is 0 Å². The van der Waals surface area contributed by atoms with Crippen LogP contribution in [0.1, 0.15) is 60.4 Å². The van der Waals surface area contributed by atoms with Crippen LogP contribution in [0.15, 0.2) is 0 Å². The molecule has 2 rings (SSSR count). The van der Waals surface area contributed by atoms with Crippen molar-refractivity contribution in [2.75, 3.05) is 13.1 Å². The van der Waals surface area contributed by atoms with Gasteiger partial charge in [0.1, 0.15) is 11.6 Å². The predicted molar refractivity (Wildman–Crippen MR) is 78.4 cm³/mol. The third-order valence-corrected chi connectivity index (χ3v) is 4.18. The van der Waals surface area contributed by atoms with Crippen LogP contribution in [-0.2, 0) is 4.79 Å². The fourth-order valence-corrected chi connectivity index (χ4v) is 3.01. The Morgan fingerprint density at radius 1 is 1.14 bits per heavy atom. The Balaban J connectivity index is 2.23. The maximum Gasteiger partial charge on any atom is 0.339 e. The molecule has 21 heavy (non-hydrogen) atoms. The van der Waals surface area contributed by atoms with Crippen molar-refractivity contribution in [3.05, 3.63) is 17.0 Å². The van der Waals surface area contributed by atoms with Gasteiger partial charge in [-0.05, 0) is 33.6 Å². The molecule has 0 radical (unpaired) electrons. The minimum atomic E-state index is -0.995. The topological polar surface area (TPSA) is 75.4 Å². The van der Waals surface area contributed by atoms with Gasteiger partial charge in [0.05, 0.1) is 11.4 Å². The number of carbonyl (C=O) groups is 2. The van der Waals surface area contributed by atoms with E-state index < -0.39 is 12.0 Å². The highest BCUT2D eigenvalue weighted by Gasteiger charge is 2.27. The number of aromatic nitrogens is 2. The molecule has 116 valence electrons. The van der Waals surface area contributed by atoms with Crippen molar-refractivity contribution in [1.29, 1.82) is 0 Å². The average molecular weight is 293 g/mol. The van der Waals surface area contributed by atoms with Crippen molar-refractivity contribution < 1.29 is 14.7 Å². The summed E-state index contributed by atoms with van der Waals surface area (Å²) in [6, 6.07) is -0.463. The molecule has 0 aliphatic carbocycles. The van der Waals surface area contributed by atoms with E-state index in [1.54, 1.807) is 25.5 Å². The Bertz CT molecular complexity index is 543. The number of aromatic carboxylic acids is 1. The lowest BCUT2D eigenvalue weighted by atomic mass is 10.2.